The zero-order valence-corrected chi connectivity index (χ0v) is 22.9. The van der Waals surface area contributed by atoms with Crippen LogP contribution in [-0.2, 0) is 28.8 Å². The van der Waals surface area contributed by atoms with E-state index in [-0.39, 0.29) is 55.7 Å². The topological polar surface area (TPSA) is 165 Å². The van der Waals surface area contributed by atoms with Crippen molar-refractivity contribution in [3.8, 4) is 5.75 Å². The third-order valence-electron chi connectivity index (χ3n) is 7.61. The van der Waals surface area contributed by atoms with Gasteiger partial charge < -0.3 is 19.8 Å². The summed E-state index contributed by atoms with van der Waals surface area (Å²) in [4.78, 5) is 77.7. The first-order valence-corrected chi connectivity index (χ1v) is 13.9. The molecule has 2 fully saturated rings. The summed E-state index contributed by atoms with van der Waals surface area (Å²) in [6.07, 6.45) is 6.61. The average molecular weight is 571 g/mol. The second-order valence-electron chi connectivity index (χ2n) is 10.6. The third kappa shape index (κ3) is 7.68. The second-order valence-corrected chi connectivity index (χ2v) is 10.6. The molecule has 0 radical (unpaired) electrons. The van der Waals surface area contributed by atoms with Crippen LogP contribution in [0.4, 0.5) is 5.69 Å². The van der Waals surface area contributed by atoms with Crippen molar-refractivity contribution >= 4 is 35.3 Å². The maximum Gasteiger partial charge on any atom is 0.333 e. The Bertz CT molecular complexity index is 1220. The first-order chi connectivity index (χ1) is 19.6. The van der Waals surface area contributed by atoms with Crippen molar-refractivity contribution in [1.82, 2.24) is 15.3 Å². The van der Waals surface area contributed by atoms with Crippen LogP contribution in [0.1, 0.15) is 69.9 Å². The molecule has 220 valence electrons. The van der Waals surface area contributed by atoms with E-state index in [0.717, 1.165) is 12.8 Å². The zero-order valence-electron chi connectivity index (χ0n) is 22.9. The summed E-state index contributed by atoms with van der Waals surface area (Å²) >= 11 is 0. The molecule has 1 aliphatic carbocycles. The lowest BCUT2D eigenvalue weighted by Gasteiger charge is -2.31. The van der Waals surface area contributed by atoms with Gasteiger partial charge in [0.05, 0.1) is 29.6 Å². The third-order valence-corrected chi connectivity index (χ3v) is 7.61. The molecule has 1 saturated carbocycles. The molecule has 4 amide bonds. The molecule has 0 aromatic heterocycles. The molecule has 13 heteroatoms. The summed E-state index contributed by atoms with van der Waals surface area (Å²) in [5.74, 6) is -1.51. The molecule has 13 nitrogen and oxygen atoms in total. The van der Waals surface area contributed by atoms with Crippen LogP contribution in [-0.4, -0.2) is 64.2 Å². The van der Waals surface area contributed by atoms with Crippen LogP contribution >= 0.6 is 0 Å². The number of carbonyl (C=O) groups excluding carboxylic acids is 5. The fourth-order valence-corrected chi connectivity index (χ4v) is 5.32. The van der Waals surface area contributed by atoms with Crippen LogP contribution in [0.3, 0.4) is 0 Å². The van der Waals surface area contributed by atoms with Crippen molar-refractivity contribution in [2.75, 3.05) is 19.7 Å². The fraction of sp³-hybridized carbons (Fsp3) is 0.536. The van der Waals surface area contributed by atoms with E-state index in [1.165, 1.54) is 18.2 Å². The van der Waals surface area contributed by atoms with Crippen LogP contribution in [0.25, 0.3) is 0 Å². The summed E-state index contributed by atoms with van der Waals surface area (Å²) in [7, 11) is 0. The average Bonchev–Trinajstić information content (AvgIpc) is 3.50. The molecule has 1 unspecified atom stereocenters. The molecular formula is C28H34N4O9. The summed E-state index contributed by atoms with van der Waals surface area (Å²) in [5.41, 5.74) is 0.140. The van der Waals surface area contributed by atoms with Crippen molar-refractivity contribution in [2.24, 2.45) is 11.8 Å². The van der Waals surface area contributed by atoms with E-state index in [2.05, 4.69) is 5.32 Å². The SMILES string of the molecule is CC(NC(=O)C1CCC(CN2CC=CC2=O)CC1)c1cc(OCCCC(=O)ON2C(=O)CCC2=O)ccc1[N+](=O)[O-]. The first kappa shape index (κ1) is 29.7. The highest BCUT2D eigenvalue weighted by atomic mass is 16.7. The standard InChI is InChI=1S/C28H34N4O9/c1-18(29-28(37)20-8-6-19(7-9-20)17-30-14-2-4-24(30)33)22-16-21(10-11-23(22)32(38)39)40-15-3-5-27(36)41-31-25(34)12-13-26(31)35/h2,4,10-11,16,18-20H,3,5-9,12-15,17H2,1H3,(H,29,37). The molecule has 2 aliphatic heterocycles. The number of hydroxylamine groups is 2. The Labute approximate surface area is 236 Å². The number of hydrogen-bond donors (Lipinski definition) is 1. The van der Waals surface area contributed by atoms with E-state index >= 15 is 0 Å². The monoisotopic (exact) mass is 570 g/mol. The largest absolute Gasteiger partial charge is 0.494 e. The van der Waals surface area contributed by atoms with Gasteiger partial charge in [0.15, 0.2) is 0 Å². The van der Waals surface area contributed by atoms with E-state index in [4.69, 9.17) is 9.57 Å². The first-order valence-electron chi connectivity index (χ1n) is 13.9. The molecule has 2 heterocycles. The van der Waals surface area contributed by atoms with Gasteiger partial charge in [0.25, 0.3) is 17.5 Å². The molecule has 0 bridgehead atoms. The highest BCUT2D eigenvalue weighted by Gasteiger charge is 2.33. The number of ether oxygens (including phenoxy) is 1. The molecule has 1 aromatic rings. The van der Waals surface area contributed by atoms with Crippen molar-refractivity contribution < 1.29 is 38.5 Å². The van der Waals surface area contributed by atoms with Crippen LogP contribution in [0.15, 0.2) is 30.4 Å². The van der Waals surface area contributed by atoms with Crippen LogP contribution in [0, 0.1) is 22.0 Å². The maximum atomic E-state index is 13.0. The number of rotatable bonds is 12. The van der Waals surface area contributed by atoms with Gasteiger partial charge in [0.1, 0.15) is 5.75 Å². The Hall–Kier alpha value is -4.29. The molecule has 1 saturated heterocycles. The number of imide groups is 1. The lowest BCUT2D eigenvalue weighted by molar-refractivity contribution is -0.385. The van der Waals surface area contributed by atoms with E-state index in [0.29, 0.717) is 48.2 Å². The van der Waals surface area contributed by atoms with Gasteiger partial charge in [-0.15, -0.1) is 5.06 Å². The summed E-state index contributed by atoms with van der Waals surface area (Å²) in [6, 6.07) is 3.60. The van der Waals surface area contributed by atoms with E-state index < -0.39 is 28.7 Å². The van der Waals surface area contributed by atoms with E-state index in [1.54, 1.807) is 13.0 Å². The molecule has 1 N–H and O–H groups in total. The Morgan fingerprint density at radius 2 is 1.83 bits per heavy atom. The summed E-state index contributed by atoms with van der Waals surface area (Å²) < 4.78 is 5.67. The molecule has 4 rings (SSSR count). The second kappa shape index (κ2) is 13.4. The van der Waals surface area contributed by atoms with Crippen molar-refractivity contribution in [1.29, 1.82) is 0 Å². The van der Waals surface area contributed by atoms with Gasteiger partial charge in [-0.2, -0.15) is 0 Å². The molecule has 3 aliphatic rings. The Morgan fingerprint density at radius 1 is 1.12 bits per heavy atom. The normalized spacial score (nSPS) is 21.2. The van der Waals surface area contributed by atoms with Gasteiger partial charge in [-0.25, -0.2) is 4.79 Å². The van der Waals surface area contributed by atoms with Crippen LogP contribution < -0.4 is 10.1 Å². The lowest BCUT2D eigenvalue weighted by Crippen LogP contribution is -2.37. The van der Waals surface area contributed by atoms with Crippen molar-refractivity contribution in [3.05, 3.63) is 46.0 Å². The zero-order chi connectivity index (χ0) is 29.5. The molecule has 1 aromatic carbocycles. The number of hydrogen-bond acceptors (Lipinski definition) is 9. The van der Waals surface area contributed by atoms with Gasteiger partial charge in [0, 0.05) is 44.0 Å². The van der Waals surface area contributed by atoms with Crippen molar-refractivity contribution in [2.45, 2.75) is 64.3 Å². The smallest absolute Gasteiger partial charge is 0.333 e. The minimum Gasteiger partial charge on any atom is -0.494 e. The number of amides is 4. The van der Waals surface area contributed by atoms with E-state index in [9.17, 15) is 34.1 Å². The van der Waals surface area contributed by atoms with Gasteiger partial charge in [-0.05, 0) is 57.1 Å². The fourth-order valence-electron chi connectivity index (χ4n) is 5.32. The van der Waals surface area contributed by atoms with Crippen LogP contribution in [0.5, 0.6) is 5.75 Å². The number of nitrogens with zero attached hydrogens (tertiary/aromatic N) is 3. The number of nitro groups is 1. The highest BCUT2D eigenvalue weighted by molar-refractivity contribution is 6.01. The number of benzene rings is 1. The Balaban J connectivity index is 1.25. The number of nitrogens with one attached hydrogen (secondary N) is 1. The minimum atomic E-state index is -0.742. The van der Waals surface area contributed by atoms with Gasteiger partial charge in [-0.1, -0.05) is 6.08 Å². The predicted molar refractivity (Wildman–Crippen MR) is 143 cm³/mol. The summed E-state index contributed by atoms with van der Waals surface area (Å²) in [5, 5.41) is 15.1. The Kier molecular flexibility index (Phi) is 9.69. The van der Waals surface area contributed by atoms with Gasteiger partial charge in [0.2, 0.25) is 11.8 Å². The van der Waals surface area contributed by atoms with Crippen molar-refractivity contribution in [3.63, 3.8) is 0 Å². The predicted octanol–water partition coefficient (Wildman–Crippen LogP) is 2.74. The Morgan fingerprint density at radius 3 is 2.46 bits per heavy atom. The van der Waals surface area contributed by atoms with E-state index in [1.807, 2.05) is 11.0 Å². The van der Waals surface area contributed by atoms with Crippen LogP contribution in [0.2, 0.25) is 0 Å². The molecule has 1 atom stereocenters. The molecule has 0 spiro atoms. The lowest BCUT2D eigenvalue weighted by atomic mass is 9.81. The number of nitro benzene ring substituents is 1. The van der Waals surface area contributed by atoms with Gasteiger partial charge >= 0.3 is 5.97 Å². The maximum absolute atomic E-state index is 13.0. The van der Waals surface area contributed by atoms with Gasteiger partial charge in [-0.3, -0.25) is 29.3 Å². The highest BCUT2D eigenvalue weighted by Crippen LogP contribution is 2.33. The molecule has 41 heavy (non-hydrogen) atoms. The number of carbonyl (C=O) groups is 5. The minimum absolute atomic E-state index is 0.0117. The quantitative estimate of drug-likeness (QED) is 0.172. The molecular weight excluding hydrogens is 536 g/mol. The summed E-state index contributed by atoms with van der Waals surface area (Å²) in [6.45, 7) is 3.08.